The van der Waals surface area contributed by atoms with Gasteiger partial charge in [-0.25, -0.2) is 4.79 Å². The summed E-state index contributed by atoms with van der Waals surface area (Å²) in [7, 11) is 0. The van der Waals surface area contributed by atoms with E-state index in [9.17, 15) is 9.90 Å². The molecule has 0 heterocycles. The second-order valence-electron chi connectivity index (χ2n) is 5.03. The molecule has 0 aromatic heterocycles. The summed E-state index contributed by atoms with van der Waals surface area (Å²) in [6, 6.07) is 7.10. The molecule has 106 valence electrons. The summed E-state index contributed by atoms with van der Waals surface area (Å²) >= 11 is 0. The maximum absolute atomic E-state index is 10.7. The van der Waals surface area contributed by atoms with Gasteiger partial charge < -0.3 is 21.5 Å². The molecule has 1 aromatic rings. The lowest BCUT2D eigenvalue weighted by molar-refractivity contribution is 0.201. The van der Waals surface area contributed by atoms with Gasteiger partial charge in [0.2, 0.25) is 0 Å². The van der Waals surface area contributed by atoms with Crippen LogP contribution in [0.25, 0.3) is 0 Å². The highest BCUT2D eigenvalue weighted by Gasteiger charge is 2.15. The molecule has 1 aromatic carbocycles. The molecular weight excluding hydrogens is 242 g/mol. The maximum Gasteiger partial charge on any atom is 0.316 e. The van der Waals surface area contributed by atoms with Crippen LogP contribution in [-0.2, 0) is 0 Å². The van der Waals surface area contributed by atoms with Crippen molar-refractivity contribution in [1.29, 1.82) is 0 Å². The van der Waals surface area contributed by atoms with Crippen molar-refractivity contribution in [2.45, 2.75) is 32.9 Å². The van der Waals surface area contributed by atoms with Crippen molar-refractivity contribution >= 4 is 11.7 Å². The molecule has 1 rings (SSSR count). The van der Waals surface area contributed by atoms with Gasteiger partial charge in [0.1, 0.15) is 0 Å². The van der Waals surface area contributed by atoms with Gasteiger partial charge in [-0.1, -0.05) is 26.0 Å². The number of nitrogens with two attached hydrogens (primary N) is 1. The van der Waals surface area contributed by atoms with E-state index >= 15 is 0 Å². The van der Waals surface area contributed by atoms with Crippen LogP contribution >= 0.6 is 0 Å². The summed E-state index contributed by atoms with van der Waals surface area (Å²) < 4.78 is 0. The molecule has 0 aliphatic heterocycles. The van der Waals surface area contributed by atoms with Crippen molar-refractivity contribution in [3.8, 4) is 0 Å². The molecule has 0 radical (unpaired) electrons. The number of anilines is 1. The number of carbonyl (C=O) groups is 1. The number of hydrogen-bond donors (Lipinski definition) is 4. The van der Waals surface area contributed by atoms with E-state index in [4.69, 9.17) is 5.73 Å². The van der Waals surface area contributed by atoms with E-state index in [1.54, 1.807) is 0 Å². The Morgan fingerprint density at radius 3 is 2.26 bits per heavy atom. The number of aliphatic hydroxyl groups excluding tert-OH is 1. The van der Waals surface area contributed by atoms with Gasteiger partial charge >= 0.3 is 6.03 Å². The van der Waals surface area contributed by atoms with E-state index in [0.717, 1.165) is 5.56 Å². The summed E-state index contributed by atoms with van der Waals surface area (Å²) in [5.41, 5.74) is 6.81. The Bertz CT molecular complexity index is 404. The standard InChI is InChI=1S/C14H23N3O2/c1-9(2)13(8-18)16-10(3)11-4-6-12(7-5-11)17-14(15)19/h4-7,9-10,13,16,18H,8H2,1-3H3,(H3,15,17,19)/t10?,13-/m1/s1. The third kappa shape index (κ3) is 4.89. The number of benzene rings is 1. The Labute approximate surface area is 114 Å². The molecule has 5 heteroatoms. The molecule has 0 aliphatic rings. The van der Waals surface area contributed by atoms with Gasteiger partial charge in [-0.15, -0.1) is 0 Å². The summed E-state index contributed by atoms with van der Waals surface area (Å²) in [5, 5.41) is 15.2. The molecule has 5 N–H and O–H groups in total. The van der Waals surface area contributed by atoms with E-state index in [2.05, 4.69) is 24.5 Å². The number of urea groups is 1. The number of rotatable bonds is 6. The minimum atomic E-state index is -0.570. The fraction of sp³-hybridized carbons (Fsp3) is 0.500. The van der Waals surface area contributed by atoms with Gasteiger partial charge in [0.05, 0.1) is 6.61 Å². The monoisotopic (exact) mass is 265 g/mol. The lowest BCUT2D eigenvalue weighted by Gasteiger charge is -2.25. The van der Waals surface area contributed by atoms with Crippen molar-refractivity contribution in [1.82, 2.24) is 5.32 Å². The van der Waals surface area contributed by atoms with Crippen LogP contribution < -0.4 is 16.4 Å². The average Bonchev–Trinajstić information content (AvgIpc) is 2.35. The van der Waals surface area contributed by atoms with Gasteiger partial charge in [-0.3, -0.25) is 0 Å². The quantitative estimate of drug-likeness (QED) is 0.633. The van der Waals surface area contributed by atoms with Crippen LogP contribution in [0.5, 0.6) is 0 Å². The zero-order chi connectivity index (χ0) is 14.4. The molecular formula is C14H23N3O2. The summed E-state index contributed by atoms with van der Waals surface area (Å²) in [6.45, 7) is 6.30. The van der Waals surface area contributed by atoms with E-state index in [1.807, 2.05) is 31.2 Å². The van der Waals surface area contributed by atoms with Gasteiger partial charge in [0.25, 0.3) is 0 Å². The molecule has 2 atom stereocenters. The largest absolute Gasteiger partial charge is 0.395 e. The predicted molar refractivity (Wildman–Crippen MR) is 76.9 cm³/mol. The zero-order valence-corrected chi connectivity index (χ0v) is 11.7. The predicted octanol–water partition coefficient (Wildman–Crippen LogP) is 1.84. The first-order valence-electron chi connectivity index (χ1n) is 6.47. The highest BCUT2D eigenvalue weighted by molar-refractivity contribution is 5.87. The Morgan fingerprint density at radius 1 is 1.26 bits per heavy atom. The number of aliphatic hydroxyl groups is 1. The summed E-state index contributed by atoms with van der Waals surface area (Å²) in [4.78, 5) is 10.7. The second-order valence-corrected chi connectivity index (χ2v) is 5.03. The molecule has 0 saturated carbocycles. The van der Waals surface area contributed by atoms with E-state index in [-0.39, 0.29) is 18.7 Å². The maximum atomic E-state index is 10.7. The minimum Gasteiger partial charge on any atom is -0.395 e. The SMILES string of the molecule is CC(N[C@H](CO)C(C)C)c1ccc(NC(N)=O)cc1. The lowest BCUT2D eigenvalue weighted by atomic mass is 10.0. The van der Waals surface area contributed by atoms with Crippen LogP contribution in [0.4, 0.5) is 10.5 Å². The van der Waals surface area contributed by atoms with Crippen molar-refractivity contribution < 1.29 is 9.90 Å². The third-order valence-corrected chi connectivity index (χ3v) is 3.14. The van der Waals surface area contributed by atoms with Crippen molar-refractivity contribution in [2.24, 2.45) is 11.7 Å². The molecule has 0 bridgehead atoms. The first-order chi connectivity index (χ1) is 8.93. The van der Waals surface area contributed by atoms with E-state index in [0.29, 0.717) is 11.6 Å². The first kappa shape index (κ1) is 15.5. The lowest BCUT2D eigenvalue weighted by Crippen LogP contribution is -2.38. The Hall–Kier alpha value is -1.59. The van der Waals surface area contributed by atoms with Crippen LogP contribution in [0.3, 0.4) is 0 Å². The van der Waals surface area contributed by atoms with Crippen LogP contribution in [-0.4, -0.2) is 23.8 Å². The number of primary amides is 1. The first-order valence-corrected chi connectivity index (χ1v) is 6.47. The van der Waals surface area contributed by atoms with Crippen LogP contribution in [0.1, 0.15) is 32.4 Å². The van der Waals surface area contributed by atoms with E-state index < -0.39 is 6.03 Å². The number of carbonyl (C=O) groups excluding carboxylic acids is 1. The highest BCUT2D eigenvalue weighted by atomic mass is 16.3. The van der Waals surface area contributed by atoms with Gasteiger partial charge in [-0.05, 0) is 30.5 Å². The van der Waals surface area contributed by atoms with Crippen LogP contribution in [0.2, 0.25) is 0 Å². The molecule has 1 unspecified atom stereocenters. The van der Waals surface area contributed by atoms with Gasteiger partial charge in [-0.2, -0.15) is 0 Å². The number of nitrogens with one attached hydrogen (secondary N) is 2. The molecule has 19 heavy (non-hydrogen) atoms. The molecule has 5 nitrogen and oxygen atoms in total. The fourth-order valence-electron chi connectivity index (χ4n) is 1.87. The molecule has 0 fully saturated rings. The molecule has 0 aliphatic carbocycles. The number of amides is 2. The summed E-state index contributed by atoms with van der Waals surface area (Å²) in [6.07, 6.45) is 0. The fourth-order valence-corrected chi connectivity index (χ4v) is 1.87. The van der Waals surface area contributed by atoms with Crippen molar-refractivity contribution in [2.75, 3.05) is 11.9 Å². The smallest absolute Gasteiger partial charge is 0.316 e. The summed E-state index contributed by atoms with van der Waals surface area (Å²) in [5.74, 6) is 0.364. The van der Waals surface area contributed by atoms with Gasteiger partial charge in [0, 0.05) is 17.8 Å². The molecule has 0 saturated heterocycles. The third-order valence-electron chi connectivity index (χ3n) is 3.14. The Morgan fingerprint density at radius 2 is 1.84 bits per heavy atom. The highest BCUT2D eigenvalue weighted by Crippen LogP contribution is 2.17. The van der Waals surface area contributed by atoms with Crippen LogP contribution in [0, 0.1) is 5.92 Å². The number of hydrogen-bond acceptors (Lipinski definition) is 3. The molecule has 0 spiro atoms. The van der Waals surface area contributed by atoms with Crippen molar-refractivity contribution in [3.63, 3.8) is 0 Å². The zero-order valence-electron chi connectivity index (χ0n) is 11.7. The Balaban J connectivity index is 2.66. The Kier molecular flexibility index (Phi) is 5.79. The normalized spacial score (nSPS) is 14.2. The average molecular weight is 265 g/mol. The van der Waals surface area contributed by atoms with Crippen molar-refractivity contribution in [3.05, 3.63) is 29.8 Å². The van der Waals surface area contributed by atoms with Gasteiger partial charge in [0.15, 0.2) is 0 Å². The van der Waals surface area contributed by atoms with Crippen LogP contribution in [0.15, 0.2) is 24.3 Å². The molecule has 2 amide bonds. The van der Waals surface area contributed by atoms with E-state index in [1.165, 1.54) is 0 Å². The topological polar surface area (TPSA) is 87.4 Å². The second kappa shape index (κ2) is 7.11. The minimum absolute atomic E-state index is 0.0680.